The quantitative estimate of drug-likeness (QED) is 0.395. The number of rotatable bonds is 3. The Morgan fingerprint density at radius 2 is 1.57 bits per heavy atom. The van der Waals surface area contributed by atoms with E-state index in [4.69, 9.17) is 5.73 Å². The van der Waals surface area contributed by atoms with Crippen molar-refractivity contribution in [2.24, 2.45) is 0 Å². The number of aryl methyl sites for hydroxylation is 2. The summed E-state index contributed by atoms with van der Waals surface area (Å²) in [6.07, 6.45) is 4.78. The first-order valence-corrected chi connectivity index (χ1v) is 8.16. The molecule has 0 radical (unpaired) electrons. The van der Waals surface area contributed by atoms with Gasteiger partial charge in [0.05, 0.1) is 16.3 Å². The number of nitro groups is 1. The van der Waals surface area contributed by atoms with Crippen LogP contribution in [0.1, 0.15) is 25.2 Å². The Kier molecular flexibility index (Phi) is 10.2. The molecule has 2 aromatic heterocycles. The van der Waals surface area contributed by atoms with Crippen LogP contribution in [-0.2, 0) is 29.9 Å². The van der Waals surface area contributed by atoms with Crippen molar-refractivity contribution < 1.29 is 22.0 Å². The van der Waals surface area contributed by atoms with Crippen LogP contribution in [-0.4, -0.2) is 14.9 Å². The monoisotopic (exact) mass is 486 g/mol. The van der Waals surface area contributed by atoms with Crippen LogP contribution in [0, 0.1) is 10.1 Å². The first kappa shape index (κ1) is 22.0. The molecule has 0 aliphatic rings. The van der Waals surface area contributed by atoms with E-state index in [1.165, 1.54) is 6.07 Å². The van der Waals surface area contributed by atoms with Gasteiger partial charge in [0.25, 0.3) is 5.69 Å². The zero-order valence-electron chi connectivity index (χ0n) is 12.6. The molecule has 0 aliphatic heterocycles. The number of anilines is 1. The summed E-state index contributed by atoms with van der Waals surface area (Å²) in [7, 11) is 0. The average Bonchev–Trinajstić information content (AvgIpc) is 2.48. The fourth-order valence-electron chi connectivity index (χ4n) is 1.67. The molecule has 0 fully saturated rings. The Bertz CT molecular complexity index is 671. The average molecular weight is 488 g/mol. The van der Waals surface area contributed by atoms with Crippen molar-refractivity contribution in [1.29, 1.82) is 0 Å². The summed E-state index contributed by atoms with van der Waals surface area (Å²) in [4.78, 5) is 18.1. The van der Waals surface area contributed by atoms with E-state index in [1.54, 1.807) is 12.4 Å². The minimum Gasteiger partial charge on any atom is -0.397 e. The van der Waals surface area contributed by atoms with Crippen molar-refractivity contribution in [3.05, 3.63) is 55.0 Å². The maximum Gasteiger partial charge on any atom is 0.291 e. The minimum absolute atomic E-state index is 0. The summed E-state index contributed by atoms with van der Waals surface area (Å²) in [6, 6.07) is 3.33. The van der Waals surface area contributed by atoms with E-state index in [-0.39, 0.29) is 22.8 Å². The van der Waals surface area contributed by atoms with E-state index in [2.05, 4.69) is 41.8 Å². The summed E-state index contributed by atoms with van der Waals surface area (Å²) in [6.45, 7) is 3.87. The SMILES string of the molecule is CCc1ncc(Br)cc1N.CCc1ncc(Br)cc1[N+](=O)[O-].[Fe]. The number of aromatic nitrogens is 2. The molecule has 0 saturated carbocycles. The van der Waals surface area contributed by atoms with Crippen LogP contribution in [0.2, 0.25) is 0 Å². The molecule has 23 heavy (non-hydrogen) atoms. The van der Waals surface area contributed by atoms with Crippen molar-refractivity contribution in [3.63, 3.8) is 0 Å². The fraction of sp³-hybridized carbons (Fsp3) is 0.286. The van der Waals surface area contributed by atoms with Gasteiger partial charge in [-0.1, -0.05) is 13.8 Å². The largest absolute Gasteiger partial charge is 0.397 e. The molecule has 0 aromatic carbocycles. The summed E-state index contributed by atoms with van der Waals surface area (Å²) in [5, 5.41) is 10.5. The van der Waals surface area contributed by atoms with Gasteiger partial charge in [0, 0.05) is 44.5 Å². The van der Waals surface area contributed by atoms with Gasteiger partial charge < -0.3 is 5.73 Å². The van der Waals surface area contributed by atoms with Crippen LogP contribution in [0.15, 0.2) is 33.5 Å². The van der Waals surface area contributed by atoms with E-state index < -0.39 is 4.92 Å². The van der Waals surface area contributed by atoms with Crippen molar-refractivity contribution in [2.75, 3.05) is 5.73 Å². The Morgan fingerprint density at radius 1 is 1.09 bits per heavy atom. The Hall–Kier alpha value is -1.02. The number of hydrogen-bond donors (Lipinski definition) is 1. The molecule has 6 nitrogen and oxygen atoms in total. The van der Waals surface area contributed by atoms with Crippen LogP contribution in [0.5, 0.6) is 0 Å². The van der Waals surface area contributed by atoms with E-state index in [0.717, 1.165) is 22.3 Å². The van der Waals surface area contributed by atoms with E-state index in [9.17, 15) is 10.1 Å². The maximum atomic E-state index is 10.5. The molecular formula is C14H16Br2FeN4O2. The topological polar surface area (TPSA) is 94.9 Å². The van der Waals surface area contributed by atoms with Gasteiger partial charge in [0.2, 0.25) is 0 Å². The smallest absolute Gasteiger partial charge is 0.291 e. The molecule has 2 aromatic rings. The van der Waals surface area contributed by atoms with Gasteiger partial charge in [0.1, 0.15) is 5.69 Å². The van der Waals surface area contributed by atoms with Crippen molar-refractivity contribution >= 4 is 43.2 Å². The fourth-order valence-corrected chi connectivity index (χ4v) is 2.33. The molecule has 2 rings (SSSR count). The molecule has 0 amide bonds. The van der Waals surface area contributed by atoms with E-state index in [1.807, 2.05) is 19.9 Å². The molecule has 0 unspecified atom stereocenters. The third-order valence-corrected chi connectivity index (χ3v) is 3.62. The first-order chi connectivity index (χ1) is 10.4. The second-order valence-electron chi connectivity index (χ2n) is 4.27. The van der Waals surface area contributed by atoms with Crippen molar-refractivity contribution in [1.82, 2.24) is 9.97 Å². The van der Waals surface area contributed by atoms with Crippen molar-refractivity contribution in [3.8, 4) is 0 Å². The molecule has 0 bridgehead atoms. The zero-order valence-corrected chi connectivity index (χ0v) is 16.8. The van der Waals surface area contributed by atoms with Crippen LogP contribution in [0.3, 0.4) is 0 Å². The van der Waals surface area contributed by atoms with Crippen LogP contribution in [0.4, 0.5) is 11.4 Å². The molecule has 0 atom stereocenters. The summed E-state index contributed by atoms with van der Waals surface area (Å²) in [5.74, 6) is 0. The molecule has 9 heteroatoms. The number of halogens is 2. The van der Waals surface area contributed by atoms with Crippen LogP contribution < -0.4 is 5.73 Å². The normalized spacial score (nSPS) is 9.39. The third-order valence-electron chi connectivity index (χ3n) is 2.75. The Labute approximate surface area is 162 Å². The number of nitrogens with two attached hydrogens (primary N) is 1. The van der Waals surface area contributed by atoms with Gasteiger partial charge >= 0.3 is 0 Å². The van der Waals surface area contributed by atoms with Gasteiger partial charge in [0.15, 0.2) is 0 Å². The minimum atomic E-state index is -0.420. The number of nitrogen functional groups attached to an aromatic ring is 1. The van der Waals surface area contributed by atoms with Gasteiger partial charge in [-0.25, -0.2) is 0 Å². The number of pyridine rings is 2. The van der Waals surface area contributed by atoms with Crippen LogP contribution in [0.25, 0.3) is 0 Å². The molecule has 0 saturated heterocycles. The molecule has 2 N–H and O–H groups in total. The van der Waals surface area contributed by atoms with E-state index in [0.29, 0.717) is 16.6 Å². The number of nitrogens with zero attached hydrogens (tertiary/aromatic N) is 3. The number of hydrogen-bond acceptors (Lipinski definition) is 5. The standard InChI is InChI=1S/C7H7BrN2O2.C7H9BrN2.Fe/c1-2-6-7(10(11)12)3-5(8)4-9-6;1-2-7-6(9)3-5(8)4-10-7;/h3-4H,2H2,1H3;3-4H,2,9H2,1H3;. The van der Waals surface area contributed by atoms with Gasteiger partial charge in [-0.05, 0) is 50.8 Å². The second kappa shape index (κ2) is 10.7. The molecular weight excluding hydrogens is 472 g/mol. The molecule has 0 aliphatic carbocycles. The Balaban J connectivity index is 0.000000409. The van der Waals surface area contributed by atoms with Gasteiger partial charge in [-0.3, -0.25) is 20.1 Å². The van der Waals surface area contributed by atoms with Crippen LogP contribution >= 0.6 is 31.9 Å². The Morgan fingerprint density at radius 3 is 2.00 bits per heavy atom. The summed E-state index contributed by atoms with van der Waals surface area (Å²) < 4.78 is 1.56. The van der Waals surface area contributed by atoms with Crippen molar-refractivity contribution in [2.45, 2.75) is 26.7 Å². The zero-order chi connectivity index (χ0) is 16.7. The van der Waals surface area contributed by atoms with Gasteiger partial charge in [-0.15, -0.1) is 0 Å². The maximum absolute atomic E-state index is 10.5. The molecule has 2 heterocycles. The summed E-state index contributed by atoms with van der Waals surface area (Å²) in [5.41, 5.74) is 7.95. The summed E-state index contributed by atoms with van der Waals surface area (Å²) >= 11 is 6.41. The second-order valence-corrected chi connectivity index (χ2v) is 6.10. The predicted molar refractivity (Wildman–Crippen MR) is 93.7 cm³/mol. The predicted octanol–water partition coefficient (Wildman–Crippen LogP) is 4.30. The third kappa shape index (κ3) is 6.95. The molecule has 126 valence electrons. The van der Waals surface area contributed by atoms with E-state index >= 15 is 0 Å². The molecule has 0 spiro atoms. The first-order valence-electron chi connectivity index (χ1n) is 6.57. The van der Waals surface area contributed by atoms with Gasteiger partial charge in [-0.2, -0.15) is 0 Å².